The number of fused-ring (bicyclic) bond motifs is 8. The van der Waals surface area contributed by atoms with Gasteiger partial charge in [0.15, 0.2) is 0 Å². The maximum Gasteiger partial charge on any atom is 0.266 e. The third-order valence-electron chi connectivity index (χ3n) is 16.0. The number of rotatable bonds is 12. The molecule has 0 unspecified atom stereocenters. The number of halogens is 1. The predicted octanol–water partition coefficient (Wildman–Crippen LogP) is 13.1. The van der Waals surface area contributed by atoms with Crippen LogP contribution in [-0.4, -0.2) is 60.9 Å². The molecule has 0 saturated carbocycles. The van der Waals surface area contributed by atoms with Gasteiger partial charge in [0.1, 0.15) is 0 Å². The molecule has 2 aromatic heterocycles. The van der Waals surface area contributed by atoms with Crippen LogP contribution in [0.5, 0.6) is 0 Å². The number of aliphatic hydroxyl groups excluding tert-OH is 4. The van der Waals surface area contributed by atoms with Gasteiger partial charge in [-0.05, 0) is 199 Å². The smallest absolute Gasteiger partial charge is 0.266 e. The number of benzene rings is 8. The molecule has 9 aromatic carbocycles. The summed E-state index contributed by atoms with van der Waals surface area (Å²) in [6.45, 7) is 15.2. The van der Waals surface area contributed by atoms with Gasteiger partial charge in [-0.2, -0.15) is 0 Å². The molecule has 10 nitrogen and oxygen atoms in total. The quantitative estimate of drug-likeness (QED) is 0.0535. The summed E-state index contributed by atoms with van der Waals surface area (Å²) in [6, 6.07) is 40.4. The first-order valence-electron chi connectivity index (χ1n) is 26.8. The van der Waals surface area contributed by atoms with E-state index in [2.05, 4.69) is 95.4 Å². The molecule has 2 heterocycles. The lowest BCUT2D eigenvalue weighted by molar-refractivity contribution is 0.192. The molecule has 0 saturated heterocycles. The van der Waals surface area contributed by atoms with Crippen LogP contribution < -0.4 is 22.2 Å². The van der Waals surface area contributed by atoms with Gasteiger partial charge in [0.2, 0.25) is 0 Å². The van der Waals surface area contributed by atoms with Gasteiger partial charge in [-0.1, -0.05) is 127 Å². The molecule has 0 bridgehead atoms. The van der Waals surface area contributed by atoms with Crippen molar-refractivity contribution in [1.29, 1.82) is 0 Å². The van der Waals surface area contributed by atoms with E-state index in [4.69, 9.17) is 0 Å². The van der Waals surface area contributed by atoms with E-state index < -0.39 is 11.8 Å². The monoisotopic (exact) mass is 1150 g/mol. The first-order valence-corrected chi connectivity index (χ1v) is 29.0. The second-order valence-electron chi connectivity index (χ2n) is 22.2. The van der Waals surface area contributed by atoms with Crippen LogP contribution in [0.3, 0.4) is 0 Å². The number of aromatic nitrogens is 2. The van der Waals surface area contributed by atoms with E-state index in [0.29, 0.717) is 32.9 Å². The number of nitrogens with zero attached hydrogens (tertiary/aromatic N) is 2. The van der Waals surface area contributed by atoms with Crippen LogP contribution in [-0.2, 0) is 0 Å². The second kappa shape index (κ2) is 21.4. The number of hydrogen-bond donors (Lipinski definition) is 4. The molecule has 0 amide bonds. The summed E-state index contributed by atoms with van der Waals surface area (Å²) in [5.74, 6) is -1.19. The lowest BCUT2D eigenvalue weighted by Crippen LogP contribution is -2.27. The summed E-state index contributed by atoms with van der Waals surface area (Å²) >= 11 is 2.15. The largest absolute Gasteiger partial charge is 0.396 e. The minimum Gasteiger partial charge on any atom is -0.396 e. The molecule has 0 atom stereocenters. The molecule has 0 fully saturated rings. The lowest BCUT2D eigenvalue weighted by Gasteiger charge is -2.23. The van der Waals surface area contributed by atoms with Gasteiger partial charge < -0.3 is 20.4 Å². The predicted molar refractivity (Wildman–Crippen MR) is 332 cm³/mol. The Labute approximate surface area is 465 Å². The summed E-state index contributed by atoms with van der Waals surface area (Å²) in [7, 11) is 0. The molecular weight excluding hydrogens is 1090 g/mol. The van der Waals surface area contributed by atoms with Crippen LogP contribution >= 0.6 is 22.6 Å². The maximum absolute atomic E-state index is 14.5. The normalized spacial score (nSPS) is 12.3. The van der Waals surface area contributed by atoms with Gasteiger partial charge in [-0.15, -0.1) is 0 Å². The molecule has 11 heteroatoms. The Bertz CT molecular complexity index is 3930. The minimum absolute atomic E-state index is 0.0562. The number of hydrogen-bond acceptors (Lipinski definition) is 8. The summed E-state index contributed by atoms with van der Waals surface area (Å²) in [4.78, 5) is 60.0. The van der Waals surface area contributed by atoms with Crippen LogP contribution in [0.1, 0.15) is 124 Å². The molecule has 0 radical (unpaired) electrons. The Morgan fingerprint density at radius 3 is 0.705 bits per heavy atom. The molecule has 78 heavy (non-hydrogen) atoms. The standard InChI is InChI=1S/C66H62N2O8.CH3I/c1-33(2)53-21-49(51(29-69)30-70)22-54(34(3)4)61(53)67-63(73)57-25-45-17-41-13-37-9-11-39-15-43-19-47-27-59-60(66(76)68(65(59)75)62-55(35(5)6)23-50(52(31-71)32-72)24-56(62)36(7)8)28-48(47)20-44(43)16-40(39)12-10-38(37)14-42(41)18-46(45)26-58(57)64(67)74;1-2/h9-28,33-36,51-52,69-72H,29-32H2,1-8H3;1H3. The van der Waals surface area contributed by atoms with Gasteiger partial charge >= 0.3 is 0 Å². The average molecular weight is 1150 g/mol. The van der Waals surface area contributed by atoms with Crippen molar-refractivity contribution in [2.45, 2.75) is 90.9 Å². The Balaban J connectivity index is 0.00000340. The topological polar surface area (TPSA) is 159 Å². The molecule has 0 aliphatic rings. The van der Waals surface area contributed by atoms with Crippen LogP contribution in [0.4, 0.5) is 0 Å². The fourth-order valence-corrected chi connectivity index (χ4v) is 11.7. The van der Waals surface area contributed by atoms with Crippen molar-refractivity contribution in [3.8, 4) is 11.4 Å². The highest BCUT2D eigenvalue weighted by Gasteiger charge is 2.27. The van der Waals surface area contributed by atoms with Gasteiger partial charge in [-0.25, -0.2) is 9.13 Å². The van der Waals surface area contributed by atoms with E-state index in [1.807, 2.05) is 109 Å². The van der Waals surface area contributed by atoms with Crippen molar-refractivity contribution in [2.24, 2.45) is 0 Å². The average Bonchev–Trinajstić information content (AvgIpc) is 4.07. The molecule has 4 N–H and O–H groups in total. The zero-order valence-electron chi connectivity index (χ0n) is 45.5. The van der Waals surface area contributed by atoms with Crippen LogP contribution in [0.15, 0.2) is 141 Å². The highest BCUT2D eigenvalue weighted by molar-refractivity contribution is 14.1. The summed E-state index contributed by atoms with van der Waals surface area (Å²) < 4.78 is 2.66. The van der Waals surface area contributed by atoms with Crippen molar-refractivity contribution >= 4 is 109 Å². The fourth-order valence-electron chi connectivity index (χ4n) is 11.7. The molecule has 398 valence electrons. The second-order valence-corrected chi connectivity index (χ2v) is 22.2. The Hall–Kier alpha value is -6.87. The Morgan fingerprint density at radius 2 is 0.513 bits per heavy atom. The fraction of sp³-hybridized carbons (Fsp3) is 0.284. The van der Waals surface area contributed by atoms with E-state index in [1.165, 1.54) is 9.13 Å². The molecule has 11 rings (SSSR count). The third kappa shape index (κ3) is 9.16. The Morgan fingerprint density at radius 1 is 0.321 bits per heavy atom. The van der Waals surface area contributed by atoms with Crippen LogP contribution in [0.2, 0.25) is 0 Å². The van der Waals surface area contributed by atoms with Gasteiger partial charge in [-0.3, -0.25) is 19.2 Å². The number of alkyl halides is 1. The van der Waals surface area contributed by atoms with Crippen molar-refractivity contribution < 1.29 is 20.4 Å². The number of aliphatic hydroxyl groups is 4. The summed E-state index contributed by atoms with van der Waals surface area (Å²) in [5, 5.41) is 53.1. The van der Waals surface area contributed by atoms with Crippen LogP contribution in [0.25, 0.3) is 97.6 Å². The molecule has 0 aliphatic carbocycles. The summed E-state index contributed by atoms with van der Waals surface area (Å²) in [5.41, 5.74) is 4.44. The SMILES string of the molecule is CC(C)c1cc(C(CO)CO)cc(C(C)C)c1-n1c(=O)c2cc3cc4cc5ccc6cc7cc8cc9c(=O)n(-c%10c(C(C)C)cc(C(CO)CO)cc%10C(C)C)c(=O)c9cc8cc7cc6ccc5cc4cc3cc2c1=O.CI. The molecule has 0 aliphatic heterocycles. The third-order valence-corrected chi connectivity index (χ3v) is 16.0. The van der Waals surface area contributed by atoms with Crippen molar-refractivity contribution in [1.82, 2.24) is 9.13 Å². The van der Waals surface area contributed by atoms with Gasteiger partial charge in [0.25, 0.3) is 22.2 Å². The first-order chi connectivity index (χ1) is 37.4. The Kier molecular flexibility index (Phi) is 15.0. The van der Waals surface area contributed by atoms with Gasteiger partial charge in [0.05, 0.1) is 59.3 Å². The highest BCUT2D eigenvalue weighted by Crippen LogP contribution is 2.38. The van der Waals surface area contributed by atoms with E-state index in [0.717, 1.165) is 98.0 Å². The van der Waals surface area contributed by atoms with Crippen LogP contribution in [0, 0.1) is 0 Å². The lowest BCUT2D eigenvalue weighted by atomic mass is 9.86. The summed E-state index contributed by atoms with van der Waals surface area (Å²) in [6.07, 6.45) is 0. The highest BCUT2D eigenvalue weighted by atomic mass is 127. The first kappa shape index (κ1) is 54.5. The minimum atomic E-state index is -0.482. The van der Waals surface area contributed by atoms with E-state index >= 15 is 0 Å². The zero-order chi connectivity index (χ0) is 55.8. The zero-order valence-corrected chi connectivity index (χ0v) is 47.7. The van der Waals surface area contributed by atoms with E-state index in [9.17, 15) is 39.6 Å². The van der Waals surface area contributed by atoms with Crippen molar-refractivity contribution in [3.63, 3.8) is 0 Å². The van der Waals surface area contributed by atoms with Crippen molar-refractivity contribution in [3.05, 3.63) is 196 Å². The molecule has 11 aromatic rings. The maximum atomic E-state index is 14.5. The van der Waals surface area contributed by atoms with Crippen molar-refractivity contribution in [2.75, 3.05) is 31.4 Å². The molecule has 0 spiro atoms. The van der Waals surface area contributed by atoms with E-state index in [-0.39, 0.29) is 72.3 Å². The van der Waals surface area contributed by atoms with E-state index in [1.54, 1.807) is 0 Å². The van der Waals surface area contributed by atoms with Gasteiger partial charge in [0, 0.05) is 11.8 Å². The molecular formula is C67H65IN2O8.